The fourth-order valence-corrected chi connectivity index (χ4v) is 0.893. The van der Waals surface area contributed by atoms with Crippen LogP contribution in [0, 0.1) is 0 Å². The lowest BCUT2D eigenvalue weighted by atomic mass is 10.2. The van der Waals surface area contributed by atoms with Crippen LogP contribution in [-0.4, -0.2) is 12.7 Å². The lowest BCUT2D eigenvalue weighted by Gasteiger charge is -2.14. The molecule has 2 N–H and O–H groups in total. The number of nitrogens with two attached hydrogens (primary N) is 1. The van der Waals surface area contributed by atoms with Crippen molar-refractivity contribution in [2.75, 3.05) is 6.61 Å². The highest BCUT2D eigenvalue weighted by Gasteiger charge is 2.06. The molecule has 1 heterocycles. The first-order valence-corrected chi connectivity index (χ1v) is 3.57. The molecule has 1 fully saturated rings. The molecule has 1 rings (SSSR count). The standard InChI is InChI=1S/C7H11NO3/c8-7(9)11-5-6-3-1-2-4-10-6/h5H,1-4H2,(H2,8,9)/b6-5-. The molecule has 1 aliphatic heterocycles. The van der Waals surface area contributed by atoms with Gasteiger partial charge in [-0.2, -0.15) is 0 Å². The zero-order chi connectivity index (χ0) is 8.10. The molecule has 4 nitrogen and oxygen atoms in total. The Morgan fingerprint density at radius 1 is 1.64 bits per heavy atom. The van der Waals surface area contributed by atoms with Gasteiger partial charge in [0.1, 0.15) is 12.0 Å². The van der Waals surface area contributed by atoms with Crippen molar-refractivity contribution in [1.82, 2.24) is 0 Å². The first-order chi connectivity index (χ1) is 5.29. The molecule has 0 aromatic rings. The topological polar surface area (TPSA) is 61.6 Å². The third kappa shape index (κ3) is 2.93. The number of hydrogen-bond donors (Lipinski definition) is 1. The minimum absolute atomic E-state index is 0.702. The molecule has 0 aromatic carbocycles. The fraction of sp³-hybridized carbons (Fsp3) is 0.571. The molecule has 62 valence electrons. The Hall–Kier alpha value is -1.19. The van der Waals surface area contributed by atoms with Gasteiger partial charge in [-0.15, -0.1) is 0 Å². The van der Waals surface area contributed by atoms with Crippen LogP contribution in [0.25, 0.3) is 0 Å². The van der Waals surface area contributed by atoms with Crippen LogP contribution in [0.5, 0.6) is 0 Å². The lowest BCUT2D eigenvalue weighted by Crippen LogP contribution is -2.11. The van der Waals surface area contributed by atoms with Crippen molar-refractivity contribution in [2.24, 2.45) is 5.73 Å². The van der Waals surface area contributed by atoms with Crippen LogP contribution in [-0.2, 0) is 9.47 Å². The summed E-state index contributed by atoms with van der Waals surface area (Å²) in [7, 11) is 0. The summed E-state index contributed by atoms with van der Waals surface area (Å²) in [6.45, 7) is 0.702. The molecule has 0 aliphatic carbocycles. The Labute approximate surface area is 65.0 Å². The molecule has 11 heavy (non-hydrogen) atoms. The maximum absolute atomic E-state index is 10.1. The average molecular weight is 157 g/mol. The molecule has 0 atom stereocenters. The van der Waals surface area contributed by atoms with Crippen LogP contribution in [0.15, 0.2) is 12.0 Å². The second-order valence-corrected chi connectivity index (χ2v) is 2.33. The summed E-state index contributed by atoms with van der Waals surface area (Å²) in [4.78, 5) is 10.1. The smallest absolute Gasteiger partial charge is 0.409 e. The van der Waals surface area contributed by atoms with E-state index >= 15 is 0 Å². The summed E-state index contributed by atoms with van der Waals surface area (Å²) < 4.78 is 9.59. The van der Waals surface area contributed by atoms with Crippen LogP contribution in [0.2, 0.25) is 0 Å². The summed E-state index contributed by atoms with van der Waals surface area (Å²) in [5.74, 6) is 0.704. The van der Waals surface area contributed by atoms with Crippen molar-refractivity contribution in [3.8, 4) is 0 Å². The van der Waals surface area contributed by atoms with Crippen LogP contribution in [0.3, 0.4) is 0 Å². The van der Waals surface area contributed by atoms with E-state index in [4.69, 9.17) is 10.5 Å². The van der Waals surface area contributed by atoms with Gasteiger partial charge in [0.25, 0.3) is 0 Å². The normalized spacial score (nSPS) is 20.9. The Morgan fingerprint density at radius 2 is 2.45 bits per heavy atom. The molecule has 0 spiro atoms. The second kappa shape index (κ2) is 3.85. The summed E-state index contributed by atoms with van der Waals surface area (Å²) in [5.41, 5.74) is 4.75. The number of primary amides is 1. The monoisotopic (exact) mass is 157 g/mol. The van der Waals surface area contributed by atoms with E-state index < -0.39 is 6.09 Å². The van der Waals surface area contributed by atoms with Gasteiger partial charge < -0.3 is 15.2 Å². The van der Waals surface area contributed by atoms with Crippen LogP contribution < -0.4 is 5.73 Å². The van der Waals surface area contributed by atoms with Gasteiger partial charge in [-0.05, 0) is 12.8 Å². The lowest BCUT2D eigenvalue weighted by molar-refractivity contribution is 0.146. The van der Waals surface area contributed by atoms with Crippen molar-refractivity contribution < 1.29 is 14.3 Å². The molecule has 0 radical (unpaired) electrons. The SMILES string of the molecule is NC(=O)O/C=C1/CCCCO1. The highest BCUT2D eigenvalue weighted by molar-refractivity contribution is 5.65. The molecule has 1 saturated heterocycles. The number of ether oxygens (including phenoxy) is 2. The molecule has 0 aromatic heterocycles. The molecular formula is C7H11NO3. The first-order valence-electron chi connectivity index (χ1n) is 3.57. The van der Waals surface area contributed by atoms with Gasteiger partial charge in [0.05, 0.1) is 6.61 Å². The van der Waals surface area contributed by atoms with Crippen LogP contribution in [0.4, 0.5) is 4.79 Å². The molecule has 0 bridgehead atoms. The third-order valence-electron chi connectivity index (χ3n) is 1.41. The molecule has 1 aliphatic rings. The van der Waals surface area contributed by atoms with Crippen molar-refractivity contribution in [3.63, 3.8) is 0 Å². The maximum Gasteiger partial charge on any atom is 0.409 e. The molecule has 0 saturated carbocycles. The fourth-order valence-electron chi connectivity index (χ4n) is 0.893. The highest BCUT2D eigenvalue weighted by Crippen LogP contribution is 2.15. The van der Waals surface area contributed by atoms with E-state index in [-0.39, 0.29) is 0 Å². The van der Waals surface area contributed by atoms with Crippen LogP contribution >= 0.6 is 0 Å². The second-order valence-electron chi connectivity index (χ2n) is 2.33. The van der Waals surface area contributed by atoms with Crippen molar-refractivity contribution in [1.29, 1.82) is 0 Å². The Morgan fingerprint density at radius 3 is 3.00 bits per heavy atom. The number of rotatable bonds is 1. The Kier molecular flexibility index (Phi) is 2.77. The van der Waals surface area contributed by atoms with Gasteiger partial charge in [-0.25, -0.2) is 4.79 Å². The zero-order valence-corrected chi connectivity index (χ0v) is 6.21. The summed E-state index contributed by atoms with van der Waals surface area (Å²) in [5, 5.41) is 0. The van der Waals surface area contributed by atoms with Crippen molar-refractivity contribution in [3.05, 3.63) is 12.0 Å². The Balaban J connectivity index is 2.32. The number of carbonyl (C=O) groups is 1. The summed E-state index contributed by atoms with van der Waals surface area (Å²) >= 11 is 0. The molecule has 0 unspecified atom stereocenters. The first kappa shape index (κ1) is 7.91. The van der Waals surface area contributed by atoms with E-state index in [9.17, 15) is 4.79 Å². The van der Waals surface area contributed by atoms with Gasteiger partial charge in [0.15, 0.2) is 0 Å². The van der Waals surface area contributed by atoms with Gasteiger partial charge in [-0.3, -0.25) is 0 Å². The quantitative estimate of drug-likeness (QED) is 0.580. The molecular weight excluding hydrogens is 146 g/mol. The third-order valence-corrected chi connectivity index (χ3v) is 1.41. The maximum atomic E-state index is 10.1. The predicted octanol–water partition coefficient (Wildman–Crippen LogP) is 1.12. The van der Waals surface area contributed by atoms with E-state index in [1.807, 2.05) is 0 Å². The van der Waals surface area contributed by atoms with Crippen molar-refractivity contribution in [2.45, 2.75) is 19.3 Å². The van der Waals surface area contributed by atoms with E-state index in [2.05, 4.69) is 4.74 Å². The highest BCUT2D eigenvalue weighted by atomic mass is 16.6. The van der Waals surface area contributed by atoms with E-state index in [0.29, 0.717) is 12.4 Å². The Bertz CT molecular complexity index is 169. The van der Waals surface area contributed by atoms with Gasteiger partial charge in [-0.1, -0.05) is 0 Å². The summed E-state index contributed by atoms with van der Waals surface area (Å²) in [6, 6.07) is 0. The molecule has 1 amide bonds. The predicted molar refractivity (Wildman–Crippen MR) is 38.6 cm³/mol. The van der Waals surface area contributed by atoms with Gasteiger partial charge >= 0.3 is 6.09 Å². The average Bonchev–Trinajstić information content (AvgIpc) is 2.03. The van der Waals surface area contributed by atoms with Gasteiger partial charge in [0.2, 0.25) is 0 Å². The molecule has 4 heteroatoms. The number of carbonyl (C=O) groups excluding carboxylic acids is 1. The number of amides is 1. The van der Waals surface area contributed by atoms with Crippen LogP contribution in [0.1, 0.15) is 19.3 Å². The van der Waals surface area contributed by atoms with Crippen molar-refractivity contribution >= 4 is 6.09 Å². The zero-order valence-electron chi connectivity index (χ0n) is 6.21. The largest absolute Gasteiger partial charge is 0.495 e. The minimum Gasteiger partial charge on any atom is -0.495 e. The van der Waals surface area contributed by atoms with E-state index in [0.717, 1.165) is 19.3 Å². The summed E-state index contributed by atoms with van der Waals surface area (Å²) in [6.07, 6.45) is 3.45. The van der Waals surface area contributed by atoms with E-state index in [1.54, 1.807) is 0 Å². The van der Waals surface area contributed by atoms with E-state index in [1.165, 1.54) is 6.26 Å². The number of hydrogen-bond acceptors (Lipinski definition) is 3. The minimum atomic E-state index is -0.799. The van der Waals surface area contributed by atoms with Gasteiger partial charge in [0, 0.05) is 6.42 Å². The number of allylic oxidation sites excluding steroid dienone is 1.